The number of aromatic carboxylic acids is 1. The molecule has 16 heavy (non-hydrogen) atoms. The van der Waals surface area contributed by atoms with Crippen molar-refractivity contribution in [1.82, 2.24) is 10.2 Å². The molecule has 0 bridgehead atoms. The van der Waals surface area contributed by atoms with E-state index in [9.17, 15) is 4.79 Å². The molecule has 0 atom stereocenters. The number of benzene rings is 1. The van der Waals surface area contributed by atoms with Gasteiger partial charge in [0.1, 0.15) is 5.69 Å². The predicted molar refractivity (Wildman–Crippen MR) is 63.7 cm³/mol. The SMILES string of the molecule is O=C(O)c1cc(-c2cc(Br)ccc2Cl)n[nH]1. The molecule has 0 saturated carbocycles. The third-order valence-electron chi connectivity index (χ3n) is 2.01. The Hall–Kier alpha value is -1.33. The zero-order valence-corrected chi connectivity index (χ0v) is 10.2. The van der Waals surface area contributed by atoms with Gasteiger partial charge < -0.3 is 5.11 Å². The molecule has 0 aliphatic heterocycles. The average molecular weight is 302 g/mol. The van der Waals surface area contributed by atoms with Crippen molar-refractivity contribution in [3.63, 3.8) is 0 Å². The van der Waals surface area contributed by atoms with Gasteiger partial charge in [0.05, 0.1) is 10.7 Å². The first-order valence-corrected chi connectivity index (χ1v) is 5.49. The normalized spacial score (nSPS) is 10.4. The second kappa shape index (κ2) is 4.27. The molecule has 0 amide bonds. The van der Waals surface area contributed by atoms with Crippen LogP contribution in [-0.2, 0) is 0 Å². The van der Waals surface area contributed by atoms with Crippen LogP contribution in [0.3, 0.4) is 0 Å². The third-order valence-corrected chi connectivity index (χ3v) is 2.84. The summed E-state index contributed by atoms with van der Waals surface area (Å²) in [6, 6.07) is 6.74. The van der Waals surface area contributed by atoms with E-state index in [1.54, 1.807) is 18.2 Å². The standard InChI is InChI=1S/C10H6BrClN2O2/c11-5-1-2-7(12)6(3-5)8-4-9(10(15)16)14-13-8/h1-4H,(H,13,14)(H,15,16). The van der Waals surface area contributed by atoms with Crippen molar-refractivity contribution < 1.29 is 9.90 Å². The maximum atomic E-state index is 10.7. The number of nitrogens with one attached hydrogen (secondary N) is 1. The van der Waals surface area contributed by atoms with E-state index < -0.39 is 5.97 Å². The summed E-state index contributed by atoms with van der Waals surface area (Å²) in [7, 11) is 0. The number of hydrogen-bond acceptors (Lipinski definition) is 2. The van der Waals surface area contributed by atoms with Gasteiger partial charge in [-0.05, 0) is 24.3 Å². The summed E-state index contributed by atoms with van der Waals surface area (Å²) in [5.41, 5.74) is 1.22. The van der Waals surface area contributed by atoms with Crippen molar-refractivity contribution in [3.8, 4) is 11.3 Å². The van der Waals surface area contributed by atoms with Gasteiger partial charge in [0.25, 0.3) is 0 Å². The molecule has 0 fully saturated rings. The molecular weight excluding hydrogens is 295 g/mol. The highest BCUT2D eigenvalue weighted by atomic mass is 79.9. The summed E-state index contributed by atoms with van der Waals surface area (Å²) >= 11 is 9.31. The molecule has 2 N–H and O–H groups in total. The van der Waals surface area contributed by atoms with Gasteiger partial charge in [-0.1, -0.05) is 27.5 Å². The van der Waals surface area contributed by atoms with E-state index in [2.05, 4.69) is 26.1 Å². The van der Waals surface area contributed by atoms with Crippen LogP contribution in [-0.4, -0.2) is 21.3 Å². The summed E-state index contributed by atoms with van der Waals surface area (Å²) < 4.78 is 0.853. The van der Waals surface area contributed by atoms with E-state index in [1.807, 2.05) is 0 Å². The summed E-state index contributed by atoms with van der Waals surface area (Å²) in [4.78, 5) is 10.7. The molecule has 0 saturated heterocycles. The number of carboxylic acid groups (broad SMARTS) is 1. The molecule has 2 aromatic rings. The van der Waals surface area contributed by atoms with Gasteiger partial charge in [-0.15, -0.1) is 0 Å². The third kappa shape index (κ3) is 2.10. The number of carbonyl (C=O) groups is 1. The molecular formula is C10H6BrClN2O2. The van der Waals surface area contributed by atoms with Crippen LogP contribution >= 0.6 is 27.5 Å². The van der Waals surface area contributed by atoms with E-state index in [1.165, 1.54) is 6.07 Å². The number of H-pyrrole nitrogens is 1. The summed E-state index contributed by atoms with van der Waals surface area (Å²) in [5, 5.41) is 15.6. The largest absolute Gasteiger partial charge is 0.477 e. The molecule has 6 heteroatoms. The summed E-state index contributed by atoms with van der Waals surface area (Å²) in [5.74, 6) is -1.05. The Morgan fingerprint density at radius 1 is 1.44 bits per heavy atom. The van der Waals surface area contributed by atoms with Gasteiger partial charge in [-0.2, -0.15) is 5.10 Å². The Bertz CT molecular complexity index is 554. The minimum Gasteiger partial charge on any atom is -0.477 e. The Labute approximate surface area is 104 Å². The van der Waals surface area contributed by atoms with Gasteiger partial charge in [-0.25, -0.2) is 4.79 Å². The second-order valence-corrected chi connectivity index (χ2v) is 4.42. The Balaban J connectivity index is 2.50. The van der Waals surface area contributed by atoms with Crippen LogP contribution < -0.4 is 0 Å². The van der Waals surface area contributed by atoms with Crippen molar-refractivity contribution in [2.75, 3.05) is 0 Å². The summed E-state index contributed by atoms with van der Waals surface area (Å²) in [6.45, 7) is 0. The molecule has 2 rings (SSSR count). The van der Waals surface area contributed by atoms with Gasteiger partial charge in [0.2, 0.25) is 0 Å². The molecule has 0 unspecified atom stereocenters. The van der Waals surface area contributed by atoms with Crippen molar-refractivity contribution in [2.45, 2.75) is 0 Å². The van der Waals surface area contributed by atoms with Gasteiger partial charge in [-0.3, -0.25) is 5.10 Å². The van der Waals surface area contributed by atoms with Gasteiger partial charge in [0.15, 0.2) is 0 Å². The second-order valence-electron chi connectivity index (χ2n) is 3.10. The fourth-order valence-corrected chi connectivity index (χ4v) is 1.84. The average Bonchev–Trinajstić information content (AvgIpc) is 2.70. The monoisotopic (exact) mass is 300 g/mol. The van der Waals surface area contributed by atoms with Crippen LogP contribution in [0.1, 0.15) is 10.5 Å². The predicted octanol–water partition coefficient (Wildman–Crippen LogP) is 3.19. The molecule has 0 radical (unpaired) electrons. The first kappa shape index (κ1) is 11.2. The lowest BCUT2D eigenvalue weighted by atomic mass is 10.1. The highest BCUT2D eigenvalue weighted by Crippen LogP contribution is 2.29. The van der Waals surface area contributed by atoms with Crippen molar-refractivity contribution >= 4 is 33.5 Å². The fourth-order valence-electron chi connectivity index (χ4n) is 1.26. The number of aromatic amines is 1. The van der Waals surface area contributed by atoms with Crippen LogP contribution in [0.15, 0.2) is 28.7 Å². The lowest BCUT2D eigenvalue weighted by Crippen LogP contribution is -1.95. The minimum atomic E-state index is -1.05. The van der Waals surface area contributed by atoms with Crippen molar-refractivity contribution in [2.24, 2.45) is 0 Å². The fraction of sp³-hybridized carbons (Fsp3) is 0. The number of carboxylic acids is 1. The molecule has 0 spiro atoms. The zero-order chi connectivity index (χ0) is 11.7. The van der Waals surface area contributed by atoms with E-state index >= 15 is 0 Å². The highest BCUT2D eigenvalue weighted by molar-refractivity contribution is 9.10. The molecule has 0 aliphatic rings. The van der Waals surface area contributed by atoms with Crippen LogP contribution in [0.2, 0.25) is 5.02 Å². The molecule has 0 aliphatic carbocycles. The lowest BCUT2D eigenvalue weighted by molar-refractivity contribution is 0.0690. The van der Waals surface area contributed by atoms with Crippen LogP contribution in [0.4, 0.5) is 0 Å². The van der Waals surface area contributed by atoms with E-state index in [-0.39, 0.29) is 5.69 Å². The maximum Gasteiger partial charge on any atom is 0.353 e. The number of aromatic nitrogens is 2. The van der Waals surface area contributed by atoms with Crippen LogP contribution in [0.25, 0.3) is 11.3 Å². The molecule has 1 aromatic carbocycles. The Kier molecular flexibility index (Phi) is 2.98. The smallest absolute Gasteiger partial charge is 0.353 e. The first-order chi connectivity index (χ1) is 7.58. The topological polar surface area (TPSA) is 66.0 Å². The maximum absolute atomic E-state index is 10.7. The molecule has 1 heterocycles. The minimum absolute atomic E-state index is 0.0334. The molecule has 4 nitrogen and oxygen atoms in total. The summed E-state index contributed by atoms with van der Waals surface area (Å²) in [6.07, 6.45) is 0. The van der Waals surface area contributed by atoms with E-state index in [0.717, 1.165) is 4.47 Å². The lowest BCUT2D eigenvalue weighted by Gasteiger charge is -2.00. The number of nitrogens with zero attached hydrogens (tertiary/aromatic N) is 1. The van der Waals surface area contributed by atoms with Crippen molar-refractivity contribution in [1.29, 1.82) is 0 Å². The van der Waals surface area contributed by atoms with Crippen molar-refractivity contribution in [3.05, 3.63) is 39.5 Å². The van der Waals surface area contributed by atoms with E-state index in [4.69, 9.17) is 16.7 Å². The van der Waals surface area contributed by atoms with Gasteiger partial charge in [0, 0.05) is 10.0 Å². The Morgan fingerprint density at radius 3 is 2.81 bits per heavy atom. The molecule has 82 valence electrons. The van der Waals surface area contributed by atoms with E-state index in [0.29, 0.717) is 16.3 Å². The Morgan fingerprint density at radius 2 is 2.19 bits per heavy atom. The van der Waals surface area contributed by atoms with Gasteiger partial charge >= 0.3 is 5.97 Å². The van der Waals surface area contributed by atoms with Crippen LogP contribution in [0, 0.1) is 0 Å². The first-order valence-electron chi connectivity index (χ1n) is 4.32. The van der Waals surface area contributed by atoms with Crippen LogP contribution in [0.5, 0.6) is 0 Å². The number of rotatable bonds is 2. The zero-order valence-electron chi connectivity index (χ0n) is 7.87. The highest BCUT2D eigenvalue weighted by Gasteiger charge is 2.11. The number of hydrogen-bond donors (Lipinski definition) is 2. The number of halogens is 2. The molecule has 1 aromatic heterocycles. The quantitative estimate of drug-likeness (QED) is 0.895.